The van der Waals surface area contributed by atoms with Gasteiger partial charge in [0.25, 0.3) is 5.91 Å². The quantitative estimate of drug-likeness (QED) is 0.700. The number of carbonyl (C=O) groups excluding carboxylic acids is 1. The van der Waals surface area contributed by atoms with E-state index in [0.717, 1.165) is 16.5 Å². The normalized spacial score (nSPS) is 13.0. The van der Waals surface area contributed by atoms with Crippen molar-refractivity contribution in [2.24, 2.45) is 0 Å². The summed E-state index contributed by atoms with van der Waals surface area (Å²) in [4.78, 5) is 15.7. The Balaban J connectivity index is 1.45. The lowest BCUT2D eigenvalue weighted by atomic mass is 10.1. The van der Waals surface area contributed by atoms with Crippen LogP contribution in [0.5, 0.6) is 11.5 Å². The fraction of sp³-hybridized carbons (Fsp3) is 0.211. The fourth-order valence-corrected chi connectivity index (χ4v) is 3.41. The van der Waals surface area contributed by atoms with Crippen molar-refractivity contribution in [2.45, 2.75) is 6.42 Å². The predicted molar refractivity (Wildman–Crippen MR) is 102 cm³/mol. The molecule has 1 aliphatic rings. The molecular weight excluding hydrogens is 375 g/mol. The zero-order valence-electron chi connectivity index (χ0n) is 13.8. The highest BCUT2D eigenvalue weighted by Gasteiger charge is 2.19. The largest absolute Gasteiger partial charge is 0.486 e. The standard InChI is InChI=1S/C19H16Cl2N2O3/c20-12-1-2-16-13(7-12)11(10-23-16)3-4-22-19(24)14-8-17-18(9-15(14)21)26-6-5-25-17/h1-2,7-10,23H,3-6H2,(H,22,24). The minimum absolute atomic E-state index is 0.246. The number of aromatic amines is 1. The van der Waals surface area contributed by atoms with Crippen molar-refractivity contribution >= 4 is 40.0 Å². The van der Waals surface area contributed by atoms with Crippen molar-refractivity contribution in [1.29, 1.82) is 0 Å². The van der Waals surface area contributed by atoms with Gasteiger partial charge in [-0.15, -0.1) is 0 Å². The second-order valence-electron chi connectivity index (χ2n) is 5.99. The van der Waals surface area contributed by atoms with Crippen molar-refractivity contribution in [3.05, 3.63) is 57.7 Å². The van der Waals surface area contributed by atoms with Gasteiger partial charge in [0.15, 0.2) is 11.5 Å². The number of hydrogen-bond acceptors (Lipinski definition) is 3. The molecule has 2 aromatic carbocycles. The molecule has 0 aliphatic carbocycles. The molecule has 0 saturated carbocycles. The molecule has 0 fully saturated rings. The Morgan fingerprint density at radius 2 is 1.88 bits per heavy atom. The highest BCUT2D eigenvalue weighted by molar-refractivity contribution is 6.34. The zero-order valence-corrected chi connectivity index (χ0v) is 15.3. The number of nitrogens with one attached hydrogen (secondary N) is 2. The number of ether oxygens (including phenoxy) is 2. The molecule has 1 aromatic heterocycles. The SMILES string of the molecule is O=C(NCCc1c[nH]c2ccc(Cl)cc12)c1cc2c(cc1Cl)OCCO2. The predicted octanol–water partition coefficient (Wildman–Crippen LogP) is 4.22. The van der Waals surface area contributed by atoms with E-state index in [9.17, 15) is 4.79 Å². The third kappa shape index (κ3) is 3.32. The van der Waals surface area contributed by atoms with Gasteiger partial charge in [-0.3, -0.25) is 4.79 Å². The molecule has 1 amide bonds. The van der Waals surface area contributed by atoms with Crippen molar-refractivity contribution in [2.75, 3.05) is 19.8 Å². The smallest absolute Gasteiger partial charge is 0.252 e. The summed E-state index contributed by atoms with van der Waals surface area (Å²) >= 11 is 12.3. The van der Waals surface area contributed by atoms with Gasteiger partial charge in [0.2, 0.25) is 0 Å². The molecule has 7 heteroatoms. The number of rotatable bonds is 4. The molecule has 0 spiro atoms. The van der Waals surface area contributed by atoms with Gasteiger partial charge < -0.3 is 19.8 Å². The van der Waals surface area contributed by atoms with Crippen LogP contribution in [0.15, 0.2) is 36.5 Å². The summed E-state index contributed by atoms with van der Waals surface area (Å²) in [6.07, 6.45) is 2.61. The number of aromatic nitrogens is 1. The first kappa shape index (κ1) is 17.1. The molecule has 0 saturated heterocycles. The fourth-order valence-electron chi connectivity index (χ4n) is 3.00. The van der Waals surface area contributed by atoms with Crippen LogP contribution in [0.2, 0.25) is 10.0 Å². The lowest BCUT2D eigenvalue weighted by molar-refractivity contribution is 0.0953. The lowest BCUT2D eigenvalue weighted by Gasteiger charge is -2.19. The van der Waals surface area contributed by atoms with E-state index < -0.39 is 0 Å². The van der Waals surface area contributed by atoms with Gasteiger partial charge in [-0.05, 0) is 36.2 Å². The first-order valence-electron chi connectivity index (χ1n) is 8.24. The van der Waals surface area contributed by atoms with E-state index in [-0.39, 0.29) is 5.91 Å². The molecule has 26 heavy (non-hydrogen) atoms. The number of hydrogen-bond donors (Lipinski definition) is 2. The Morgan fingerprint density at radius 1 is 1.12 bits per heavy atom. The van der Waals surface area contributed by atoms with Gasteiger partial charge >= 0.3 is 0 Å². The van der Waals surface area contributed by atoms with Gasteiger partial charge in [-0.1, -0.05) is 23.2 Å². The van der Waals surface area contributed by atoms with Crippen molar-refractivity contribution in [3.8, 4) is 11.5 Å². The van der Waals surface area contributed by atoms with Crippen LogP contribution in [0.25, 0.3) is 10.9 Å². The molecule has 0 unspecified atom stereocenters. The summed E-state index contributed by atoms with van der Waals surface area (Å²) in [5.41, 5.74) is 2.49. The Kier molecular flexibility index (Phi) is 4.66. The molecular formula is C19H16Cl2N2O3. The number of halogens is 2. The van der Waals surface area contributed by atoms with Crippen LogP contribution >= 0.6 is 23.2 Å². The average molecular weight is 391 g/mol. The highest BCUT2D eigenvalue weighted by Crippen LogP contribution is 2.35. The third-order valence-electron chi connectivity index (χ3n) is 4.29. The van der Waals surface area contributed by atoms with Crippen LogP contribution in [0.3, 0.4) is 0 Å². The van der Waals surface area contributed by atoms with Gasteiger partial charge in [0, 0.05) is 34.7 Å². The second-order valence-corrected chi connectivity index (χ2v) is 6.83. The summed E-state index contributed by atoms with van der Waals surface area (Å²) < 4.78 is 11.0. The number of benzene rings is 2. The summed E-state index contributed by atoms with van der Waals surface area (Å²) in [6, 6.07) is 8.94. The third-order valence-corrected chi connectivity index (χ3v) is 4.83. The molecule has 3 aromatic rings. The van der Waals surface area contributed by atoms with Crippen LogP contribution in [0, 0.1) is 0 Å². The van der Waals surface area contributed by atoms with Gasteiger partial charge in [0.1, 0.15) is 13.2 Å². The van der Waals surface area contributed by atoms with Crippen LogP contribution in [0.1, 0.15) is 15.9 Å². The maximum Gasteiger partial charge on any atom is 0.252 e. The maximum absolute atomic E-state index is 12.5. The van der Waals surface area contributed by atoms with Crippen molar-refractivity contribution in [1.82, 2.24) is 10.3 Å². The summed E-state index contributed by atoms with van der Waals surface area (Å²) in [5, 5.41) is 4.98. The monoisotopic (exact) mass is 390 g/mol. The Hall–Kier alpha value is -2.37. The van der Waals surface area contributed by atoms with Crippen LogP contribution < -0.4 is 14.8 Å². The number of H-pyrrole nitrogens is 1. The average Bonchev–Trinajstić information content (AvgIpc) is 3.03. The topological polar surface area (TPSA) is 63.4 Å². The first-order chi connectivity index (χ1) is 12.6. The van der Waals surface area contributed by atoms with Crippen LogP contribution in [-0.4, -0.2) is 30.6 Å². The molecule has 1 aliphatic heterocycles. The first-order valence-corrected chi connectivity index (χ1v) is 9.00. The number of fused-ring (bicyclic) bond motifs is 2. The van der Waals surface area contributed by atoms with Crippen molar-refractivity contribution < 1.29 is 14.3 Å². The van der Waals surface area contributed by atoms with E-state index in [1.807, 2.05) is 24.4 Å². The van der Waals surface area contributed by atoms with E-state index in [0.29, 0.717) is 53.3 Å². The number of amides is 1. The summed E-state index contributed by atoms with van der Waals surface area (Å²) in [7, 11) is 0. The Labute approximate surface area is 160 Å². The molecule has 0 bridgehead atoms. The van der Waals surface area contributed by atoms with Crippen LogP contribution in [0.4, 0.5) is 0 Å². The minimum atomic E-state index is -0.246. The van der Waals surface area contributed by atoms with E-state index in [1.54, 1.807) is 12.1 Å². The lowest BCUT2D eigenvalue weighted by Crippen LogP contribution is -2.26. The molecule has 0 radical (unpaired) electrons. The molecule has 4 rings (SSSR count). The zero-order chi connectivity index (χ0) is 18.1. The Bertz CT molecular complexity index is 984. The van der Waals surface area contributed by atoms with E-state index in [1.165, 1.54) is 0 Å². The molecule has 0 atom stereocenters. The molecule has 2 N–H and O–H groups in total. The molecule has 134 valence electrons. The highest BCUT2D eigenvalue weighted by atomic mass is 35.5. The summed E-state index contributed by atoms with van der Waals surface area (Å²) in [6.45, 7) is 1.41. The van der Waals surface area contributed by atoms with E-state index >= 15 is 0 Å². The second kappa shape index (κ2) is 7.09. The van der Waals surface area contributed by atoms with Gasteiger partial charge in [-0.25, -0.2) is 0 Å². The summed E-state index contributed by atoms with van der Waals surface area (Å²) in [5.74, 6) is 0.857. The molecule has 5 nitrogen and oxygen atoms in total. The Morgan fingerprint density at radius 3 is 2.69 bits per heavy atom. The minimum Gasteiger partial charge on any atom is -0.486 e. The maximum atomic E-state index is 12.5. The molecule has 2 heterocycles. The van der Waals surface area contributed by atoms with Crippen molar-refractivity contribution in [3.63, 3.8) is 0 Å². The van der Waals surface area contributed by atoms with E-state index in [2.05, 4.69) is 10.3 Å². The van der Waals surface area contributed by atoms with Gasteiger partial charge in [-0.2, -0.15) is 0 Å². The van der Waals surface area contributed by atoms with E-state index in [4.69, 9.17) is 32.7 Å². The van der Waals surface area contributed by atoms with Gasteiger partial charge in [0.05, 0.1) is 10.6 Å². The number of carbonyl (C=O) groups is 1. The van der Waals surface area contributed by atoms with Crippen LogP contribution in [-0.2, 0) is 6.42 Å².